The van der Waals surface area contributed by atoms with Gasteiger partial charge in [-0.25, -0.2) is 4.98 Å². The zero-order valence-corrected chi connectivity index (χ0v) is 20.5. The van der Waals surface area contributed by atoms with Crippen molar-refractivity contribution in [2.45, 2.75) is 44.8 Å². The molecule has 176 valence electrons. The van der Waals surface area contributed by atoms with Crippen LogP contribution in [0.1, 0.15) is 42.1 Å². The highest BCUT2D eigenvalue weighted by Gasteiger charge is 2.41. The summed E-state index contributed by atoms with van der Waals surface area (Å²) in [6, 6.07) is 13.5. The molecule has 34 heavy (non-hydrogen) atoms. The second-order valence-corrected chi connectivity index (χ2v) is 10.2. The summed E-state index contributed by atoms with van der Waals surface area (Å²) in [6.07, 6.45) is -2.87. The summed E-state index contributed by atoms with van der Waals surface area (Å²) in [6.45, 7) is 2.12. The summed E-state index contributed by atoms with van der Waals surface area (Å²) in [4.78, 5) is 17.1. The second-order valence-electron chi connectivity index (χ2n) is 8.41. The van der Waals surface area contributed by atoms with Crippen LogP contribution in [-0.2, 0) is 17.5 Å². The molecule has 2 aromatic heterocycles. The number of carbonyl (C=O) groups excluding carboxylic acids is 1. The van der Waals surface area contributed by atoms with Crippen molar-refractivity contribution in [3.8, 4) is 10.6 Å². The van der Waals surface area contributed by atoms with E-state index >= 15 is 0 Å². The standard InChI is InChI=1S/C24H20BrF3N4OS/c1-13-2-9-17-18(12-13)34-23(30-17)15-5-7-16(8-6-15)29-19(33)10-11-32-21(14-3-4-14)20(25)22(31-32)24(26,27)28/h2,5-9,12,14H,3-4,10-11H2,1H3,(H,29,33). The van der Waals surface area contributed by atoms with Gasteiger partial charge in [0.1, 0.15) is 5.01 Å². The third-order valence-electron chi connectivity index (χ3n) is 5.67. The van der Waals surface area contributed by atoms with Gasteiger partial charge in [0.25, 0.3) is 0 Å². The zero-order chi connectivity index (χ0) is 24.0. The van der Waals surface area contributed by atoms with E-state index in [0.717, 1.165) is 33.6 Å². The third-order valence-corrected chi connectivity index (χ3v) is 7.52. The highest BCUT2D eigenvalue weighted by Crippen LogP contribution is 2.47. The number of amides is 1. The van der Waals surface area contributed by atoms with Crippen molar-refractivity contribution in [2.24, 2.45) is 0 Å². The van der Waals surface area contributed by atoms with Gasteiger partial charge in [-0.1, -0.05) is 6.07 Å². The van der Waals surface area contributed by atoms with Crippen LogP contribution in [0.2, 0.25) is 0 Å². The molecule has 1 aliphatic rings. The Labute approximate surface area is 206 Å². The first kappa shape index (κ1) is 23.0. The van der Waals surface area contributed by atoms with Gasteiger partial charge in [0.15, 0.2) is 5.69 Å². The third kappa shape index (κ3) is 4.74. The number of alkyl halides is 3. The van der Waals surface area contributed by atoms with Crippen molar-refractivity contribution in [3.05, 3.63) is 63.9 Å². The Morgan fingerprint density at radius 2 is 1.94 bits per heavy atom. The van der Waals surface area contributed by atoms with Crippen molar-refractivity contribution >= 4 is 49.1 Å². The molecule has 5 rings (SSSR count). The lowest BCUT2D eigenvalue weighted by Gasteiger charge is -2.08. The van der Waals surface area contributed by atoms with Gasteiger partial charge >= 0.3 is 6.18 Å². The number of nitrogens with one attached hydrogen (secondary N) is 1. The summed E-state index contributed by atoms with van der Waals surface area (Å²) >= 11 is 4.68. The Kier molecular flexibility index (Phi) is 5.97. The van der Waals surface area contributed by atoms with Gasteiger partial charge in [0.2, 0.25) is 5.91 Å². The molecule has 2 aromatic carbocycles. The van der Waals surface area contributed by atoms with Gasteiger partial charge < -0.3 is 5.32 Å². The number of fused-ring (bicyclic) bond motifs is 1. The number of anilines is 1. The molecule has 1 N–H and O–H groups in total. The van der Waals surface area contributed by atoms with Gasteiger partial charge in [0.05, 0.1) is 26.9 Å². The molecule has 2 heterocycles. The molecule has 0 saturated heterocycles. The topological polar surface area (TPSA) is 59.8 Å². The first-order valence-electron chi connectivity index (χ1n) is 10.8. The Morgan fingerprint density at radius 3 is 2.62 bits per heavy atom. The molecule has 0 spiro atoms. The van der Waals surface area contributed by atoms with E-state index in [1.807, 2.05) is 31.2 Å². The van der Waals surface area contributed by atoms with Gasteiger partial charge in [-0.05, 0) is 77.7 Å². The molecule has 0 radical (unpaired) electrons. The van der Waals surface area contributed by atoms with E-state index in [1.165, 1.54) is 10.2 Å². The molecule has 4 aromatic rings. The van der Waals surface area contributed by atoms with E-state index in [-0.39, 0.29) is 29.3 Å². The minimum absolute atomic E-state index is 0.0106. The molecule has 0 unspecified atom stereocenters. The number of thiazole rings is 1. The number of nitrogens with zero attached hydrogens (tertiary/aromatic N) is 3. The molecule has 10 heteroatoms. The van der Waals surface area contributed by atoms with Crippen molar-refractivity contribution in [1.82, 2.24) is 14.8 Å². The maximum absolute atomic E-state index is 13.3. The van der Waals surface area contributed by atoms with Gasteiger partial charge in [-0.15, -0.1) is 11.3 Å². The second kappa shape index (κ2) is 8.81. The van der Waals surface area contributed by atoms with Crippen molar-refractivity contribution < 1.29 is 18.0 Å². The molecule has 0 atom stereocenters. The highest BCUT2D eigenvalue weighted by atomic mass is 79.9. The van der Waals surface area contributed by atoms with Gasteiger partial charge in [0, 0.05) is 23.6 Å². The Hall–Kier alpha value is -2.72. The lowest BCUT2D eigenvalue weighted by atomic mass is 10.2. The van der Waals surface area contributed by atoms with Crippen LogP contribution >= 0.6 is 27.3 Å². The first-order valence-corrected chi connectivity index (χ1v) is 12.4. The molecule has 1 saturated carbocycles. The number of aromatic nitrogens is 3. The van der Waals surface area contributed by atoms with Crippen LogP contribution in [0.15, 0.2) is 46.9 Å². The Bertz CT molecular complexity index is 1370. The van der Waals surface area contributed by atoms with Crippen LogP contribution in [0.25, 0.3) is 20.8 Å². The van der Waals surface area contributed by atoms with Crippen LogP contribution in [0.4, 0.5) is 18.9 Å². The van der Waals surface area contributed by atoms with Gasteiger partial charge in [-0.3, -0.25) is 9.48 Å². The van der Waals surface area contributed by atoms with E-state index < -0.39 is 11.9 Å². The average Bonchev–Trinajstić information content (AvgIpc) is 3.43. The first-order chi connectivity index (χ1) is 16.2. The van der Waals surface area contributed by atoms with E-state index in [0.29, 0.717) is 11.4 Å². The smallest absolute Gasteiger partial charge is 0.326 e. The fraction of sp³-hybridized carbons (Fsp3) is 0.292. The molecule has 0 aliphatic heterocycles. The molecule has 1 aliphatic carbocycles. The van der Waals surface area contributed by atoms with Crippen LogP contribution in [-0.4, -0.2) is 20.7 Å². The minimum atomic E-state index is -4.54. The lowest BCUT2D eigenvalue weighted by molar-refractivity contribution is -0.142. The Morgan fingerprint density at radius 1 is 1.21 bits per heavy atom. The van der Waals surface area contributed by atoms with Crippen molar-refractivity contribution in [3.63, 3.8) is 0 Å². The summed E-state index contributed by atoms with van der Waals surface area (Å²) in [7, 11) is 0. The summed E-state index contributed by atoms with van der Waals surface area (Å²) in [5.74, 6) is -0.231. The van der Waals surface area contributed by atoms with E-state index in [4.69, 9.17) is 0 Å². The molecule has 0 bridgehead atoms. The van der Waals surface area contributed by atoms with Gasteiger partial charge in [-0.2, -0.15) is 18.3 Å². The monoisotopic (exact) mass is 548 g/mol. The normalized spacial score (nSPS) is 14.0. The fourth-order valence-electron chi connectivity index (χ4n) is 3.83. The van der Waals surface area contributed by atoms with E-state index in [9.17, 15) is 18.0 Å². The predicted molar refractivity (Wildman–Crippen MR) is 130 cm³/mol. The maximum atomic E-state index is 13.3. The van der Waals surface area contributed by atoms with Crippen LogP contribution in [0.5, 0.6) is 0 Å². The molecule has 1 fully saturated rings. The number of rotatable bonds is 6. The average molecular weight is 549 g/mol. The zero-order valence-electron chi connectivity index (χ0n) is 18.1. The number of benzene rings is 2. The van der Waals surface area contributed by atoms with Crippen molar-refractivity contribution in [2.75, 3.05) is 5.32 Å². The number of halogens is 4. The SMILES string of the molecule is Cc1ccc2nc(-c3ccc(NC(=O)CCn4nc(C(F)(F)F)c(Br)c4C4CC4)cc3)sc2c1. The Balaban J connectivity index is 1.25. The van der Waals surface area contributed by atoms with Crippen LogP contribution < -0.4 is 5.32 Å². The number of aryl methyl sites for hydroxylation is 2. The molecular formula is C24H20BrF3N4OS. The largest absolute Gasteiger partial charge is 0.436 e. The maximum Gasteiger partial charge on any atom is 0.436 e. The number of hydrogen-bond acceptors (Lipinski definition) is 4. The lowest BCUT2D eigenvalue weighted by Crippen LogP contribution is -2.16. The van der Waals surface area contributed by atoms with Crippen LogP contribution in [0, 0.1) is 6.92 Å². The quantitative estimate of drug-likeness (QED) is 0.278. The van der Waals surface area contributed by atoms with Crippen LogP contribution in [0.3, 0.4) is 0 Å². The van der Waals surface area contributed by atoms with E-state index in [1.54, 1.807) is 23.5 Å². The minimum Gasteiger partial charge on any atom is -0.326 e. The molecule has 5 nitrogen and oxygen atoms in total. The number of carbonyl (C=O) groups is 1. The highest BCUT2D eigenvalue weighted by molar-refractivity contribution is 9.10. The summed E-state index contributed by atoms with van der Waals surface area (Å²) < 4.78 is 42.2. The summed E-state index contributed by atoms with van der Waals surface area (Å²) in [5, 5.41) is 7.46. The summed E-state index contributed by atoms with van der Waals surface area (Å²) in [5.41, 5.74) is 3.29. The van der Waals surface area contributed by atoms with E-state index in [2.05, 4.69) is 37.4 Å². The fourth-order valence-corrected chi connectivity index (χ4v) is 5.74. The number of hydrogen-bond donors (Lipinski definition) is 1. The molecule has 1 amide bonds. The van der Waals surface area contributed by atoms with Crippen molar-refractivity contribution in [1.29, 1.82) is 0 Å². The molecular weight excluding hydrogens is 529 g/mol. The predicted octanol–water partition coefficient (Wildman–Crippen LogP) is 7.16.